The quantitative estimate of drug-likeness (QED) is 0.892. The third kappa shape index (κ3) is 2.85. The fourth-order valence-electron chi connectivity index (χ4n) is 1.86. The maximum atomic E-state index is 8.96. The van der Waals surface area contributed by atoms with Crippen molar-refractivity contribution in [2.45, 2.75) is 20.4 Å². The van der Waals surface area contributed by atoms with Crippen molar-refractivity contribution in [3.05, 3.63) is 42.1 Å². The SMILES string of the molecule is CC(C)(C#N)CNCc1ccnc2ccccc12. The Kier molecular flexibility index (Phi) is 3.59. The maximum absolute atomic E-state index is 8.96. The minimum atomic E-state index is -0.331. The maximum Gasteiger partial charge on any atom is 0.0705 e. The van der Waals surface area contributed by atoms with Gasteiger partial charge in [-0.3, -0.25) is 4.98 Å². The van der Waals surface area contributed by atoms with E-state index in [0.717, 1.165) is 12.1 Å². The molecule has 0 aliphatic carbocycles. The number of fused-ring (bicyclic) bond motifs is 1. The van der Waals surface area contributed by atoms with Gasteiger partial charge in [0.25, 0.3) is 0 Å². The van der Waals surface area contributed by atoms with Gasteiger partial charge >= 0.3 is 0 Å². The lowest BCUT2D eigenvalue weighted by Gasteiger charge is -2.16. The van der Waals surface area contributed by atoms with Crippen molar-refractivity contribution in [2.75, 3.05) is 6.54 Å². The van der Waals surface area contributed by atoms with Crippen LogP contribution in [0.1, 0.15) is 19.4 Å². The summed E-state index contributed by atoms with van der Waals surface area (Å²) in [6.45, 7) is 5.31. The number of aromatic nitrogens is 1. The highest BCUT2D eigenvalue weighted by Gasteiger charge is 2.15. The van der Waals surface area contributed by atoms with Crippen LogP contribution in [-0.4, -0.2) is 11.5 Å². The van der Waals surface area contributed by atoms with E-state index < -0.39 is 0 Å². The third-order valence-electron chi connectivity index (χ3n) is 2.92. The molecule has 0 radical (unpaired) electrons. The summed E-state index contributed by atoms with van der Waals surface area (Å²) in [5.41, 5.74) is 1.90. The van der Waals surface area contributed by atoms with Gasteiger partial charge in [0, 0.05) is 24.7 Å². The molecular weight excluding hydrogens is 222 g/mol. The zero-order valence-corrected chi connectivity index (χ0v) is 10.8. The molecule has 0 aliphatic rings. The Morgan fingerprint density at radius 3 is 2.83 bits per heavy atom. The van der Waals surface area contributed by atoms with E-state index in [2.05, 4.69) is 22.4 Å². The Hall–Kier alpha value is -1.92. The minimum absolute atomic E-state index is 0.331. The van der Waals surface area contributed by atoms with Gasteiger partial charge in [0.1, 0.15) is 0 Å². The third-order valence-corrected chi connectivity index (χ3v) is 2.92. The van der Waals surface area contributed by atoms with Gasteiger partial charge in [0.2, 0.25) is 0 Å². The smallest absolute Gasteiger partial charge is 0.0705 e. The number of hydrogen-bond donors (Lipinski definition) is 1. The second kappa shape index (κ2) is 5.16. The average molecular weight is 239 g/mol. The van der Waals surface area contributed by atoms with Gasteiger partial charge in [-0.2, -0.15) is 5.26 Å². The number of rotatable bonds is 4. The molecule has 2 aromatic rings. The number of benzene rings is 1. The van der Waals surface area contributed by atoms with Crippen LogP contribution in [0.15, 0.2) is 36.5 Å². The monoisotopic (exact) mass is 239 g/mol. The van der Waals surface area contributed by atoms with E-state index in [0.29, 0.717) is 6.54 Å². The van der Waals surface area contributed by atoms with Crippen molar-refractivity contribution in [2.24, 2.45) is 5.41 Å². The summed E-state index contributed by atoms with van der Waals surface area (Å²) in [5.74, 6) is 0. The van der Waals surface area contributed by atoms with Gasteiger partial charge in [-0.1, -0.05) is 18.2 Å². The molecular formula is C15H17N3. The first kappa shape index (κ1) is 12.5. The molecule has 0 spiro atoms. The van der Waals surface area contributed by atoms with Crippen LogP contribution in [0.3, 0.4) is 0 Å². The zero-order valence-electron chi connectivity index (χ0n) is 10.8. The van der Waals surface area contributed by atoms with Crippen LogP contribution in [0.2, 0.25) is 0 Å². The van der Waals surface area contributed by atoms with Crippen LogP contribution in [-0.2, 0) is 6.54 Å². The fourth-order valence-corrected chi connectivity index (χ4v) is 1.86. The van der Waals surface area contributed by atoms with Crippen LogP contribution < -0.4 is 5.32 Å². The largest absolute Gasteiger partial charge is 0.311 e. The molecule has 0 bridgehead atoms. The van der Waals surface area contributed by atoms with Gasteiger partial charge in [-0.15, -0.1) is 0 Å². The highest BCUT2D eigenvalue weighted by Crippen LogP contribution is 2.16. The van der Waals surface area contributed by atoms with E-state index in [1.807, 2.05) is 44.3 Å². The molecule has 0 fully saturated rings. The highest BCUT2D eigenvalue weighted by molar-refractivity contribution is 5.81. The number of hydrogen-bond acceptors (Lipinski definition) is 3. The summed E-state index contributed by atoms with van der Waals surface area (Å²) in [4.78, 5) is 4.33. The second-order valence-electron chi connectivity index (χ2n) is 5.09. The molecule has 0 aliphatic heterocycles. The van der Waals surface area contributed by atoms with Gasteiger partial charge in [-0.05, 0) is 31.5 Å². The molecule has 0 atom stereocenters. The molecule has 1 aromatic carbocycles. The van der Waals surface area contributed by atoms with E-state index in [9.17, 15) is 0 Å². The highest BCUT2D eigenvalue weighted by atomic mass is 14.9. The normalized spacial score (nSPS) is 11.4. The molecule has 3 nitrogen and oxygen atoms in total. The first-order chi connectivity index (χ1) is 8.62. The first-order valence-corrected chi connectivity index (χ1v) is 6.07. The molecule has 1 aromatic heterocycles. The average Bonchev–Trinajstić information content (AvgIpc) is 2.39. The van der Waals surface area contributed by atoms with Crippen molar-refractivity contribution in [1.82, 2.24) is 10.3 Å². The van der Waals surface area contributed by atoms with Crippen molar-refractivity contribution < 1.29 is 0 Å². The van der Waals surface area contributed by atoms with Crippen molar-refractivity contribution in [3.8, 4) is 6.07 Å². The summed E-state index contributed by atoms with van der Waals surface area (Å²) in [6, 6.07) is 12.4. The van der Waals surface area contributed by atoms with Gasteiger partial charge < -0.3 is 5.32 Å². The van der Waals surface area contributed by atoms with E-state index in [-0.39, 0.29) is 5.41 Å². The molecule has 1 heterocycles. The van der Waals surface area contributed by atoms with Gasteiger partial charge in [0.15, 0.2) is 0 Å². The van der Waals surface area contributed by atoms with Crippen LogP contribution in [0.4, 0.5) is 0 Å². The van der Waals surface area contributed by atoms with Gasteiger partial charge in [0.05, 0.1) is 17.0 Å². The molecule has 1 N–H and O–H groups in total. The summed E-state index contributed by atoms with van der Waals surface area (Å²) in [6.07, 6.45) is 1.83. The predicted octanol–water partition coefficient (Wildman–Crippen LogP) is 2.87. The Morgan fingerprint density at radius 1 is 1.28 bits per heavy atom. The van der Waals surface area contributed by atoms with Gasteiger partial charge in [-0.25, -0.2) is 0 Å². The summed E-state index contributed by atoms with van der Waals surface area (Å²) < 4.78 is 0. The number of nitriles is 1. The lowest BCUT2D eigenvalue weighted by atomic mass is 9.96. The number of para-hydroxylation sites is 1. The topological polar surface area (TPSA) is 48.7 Å². The Morgan fingerprint density at radius 2 is 2.06 bits per heavy atom. The molecule has 0 unspecified atom stereocenters. The standard InChI is InChI=1S/C15H17N3/c1-15(2,10-16)11-17-9-12-7-8-18-14-6-4-3-5-13(12)14/h3-8,17H,9,11H2,1-2H3. The molecule has 0 saturated heterocycles. The summed E-state index contributed by atoms with van der Waals surface area (Å²) >= 11 is 0. The molecule has 18 heavy (non-hydrogen) atoms. The van der Waals surface area contributed by atoms with E-state index in [1.54, 1.807) is 0 Å². The first-order valence-electron chi connectivity index (χ1n) is 6.07. The summed E-state index contributed by atoms with van der Waals surface area (Å²) in [7, 11) is 0. The van der Waals surface area contributed by atoms with Crippen LogP contribution >= 0.6 is 0 Å². The Labute approximate surface area is 107 Å². The Balaban J connectivity index is 2.11. The number of nitrogens with one attached hydrogen (secondary N) is 1. The molecule has 0 amide bonds. The zero-order chi connectivity index (χ0) is 13.0. The lowest BCUT2D eigenvalue weighted by molar-refractivity contribution is 0.445. The molecule has 3 heteroatoms. The molecule has 2 rings (SSSR count). The number of nitrogens with zero attached hydrogens (tertiary/aromatic N) is 2. The van der Waals surface area contributed by atoms with E-state index >= 15 is 0 Å². The van der Waals surface area contributed by atoms with Crippen molar-refractivity contribution in [3.63, 3.8) is 0 Å². The van der Waals surface area contributed by atoms with Crippen LogP contribution in [0.25, 0.3) is 10.9 Å². The fraction of sp³-hybridized carbons (Fsp3) is 0.333. The van der Waals surface area contributed by atoms with Crippen LogP contribution in [0.5, 0.6) is 0 Å². The summed E-state index contributed by atoms with van der Waals surface area (Å²) in [5, 5.41) is 13.5. The Bertz CT molecular complexity index is 576. The van der Waals surface area contributed by atoms with E-state index in [1.165, 1.54) is 10.9 Å². The molecule has 92 valence electrons. The lowest BCUT2D eigenvalue weighted by Crippen LogP contribution is -2.27. The minimum Gasteiger partial charge on any atom is -0.311 e. The molecule has 0 saturated carbocycles. The number of pyridine rings is 1. The van der Waals surface area contributed by atoms with Crippen LogP contribution in [0, 0.1) is 16.7 Å². The predicted molar refractivity (Wildman–Crippen MR) is 72.8 cm³/mol. The van der Waals surface area contributed by atoms with E-state index in [4.69, 9.17) is 5.26 Å². The van der Waals surface area contributed by atoms with Crippen molar-refractivity contribution in [1.29, 1.82) is 5.26 Å². The second-order valence-corrected chi connectivity index (χ2v) is 5.09. The van der Waals surface area contributed by atoms with Crippen molar-refractivity contribution >= 4 is 10.9 Å².